The second-order valence-electron chi connectivity index (χ2n) is 5.22. The van der Waals surface area contributed by atoms with Gasteiger partial charge in [0.25, 0.3) is 0 Å². The molecule has 1 saturated heterocycles. The van der Waals surface area contributed by atoms with Crippen LogP contribution in [0.2, 0.25) is 0 Å². The summed E-state index contributed by atoms with van der Waals surface area (Å²) in [5, 5.41) is 7.41. The van der Waals surface area contributed by atoms with Crippen molar-refractivity contribution in [1.29, 1.82) is 5.41 Å². The quantitative estimate of drug-likeness (QED) is 0.641. The number of amidine groups is 1. The summed E-state index contributed by atoms with van der Waals surface area (Å²) in [6.45, 7) is 5.27. The first-order chi connectivity index (χ1) is 9.58. The molecular formula is C15H22FN3O. The molecule has 1 aliphatic heterocycles. The van der Waals surface area contributed by atoms with Gasteiger partial charge in [-0.2, -0.15) is 0 Å². The van der Waals surface area contributed by atoms with Crippen LogP contribution in [0.1, 0.15) is 30.9 Å². The van der Waals surface area contributed by atoms with Crippen molar-refractivity contribution < 1.29 is 9.13 Å². The number of ether oxygens (including phenoxy) is 1. The van der Waals surface area contributed by atoms with Crippen molar-refractivity contribution in [1.82, 2.24) is 4.90 Å². The molecule has 5 heteroatoms. The summed E-state index contributed by atoms with van der Waals surface area (Å²) < 4.78 is 19.2. The van der Waals surface area contributed by atoms with E-state index in [2.05, 4.69) is 4.90 Å². The second kappa shape index (κ2) is 6.81. The zero-order valence-corrected chi connectivity index (χ0v) is 11.9. The maximum atomic E-state index is 13.5. The third kappa shape index (κ3) is 4.02. The number of likely N-dealkylation sites (tertiary alicyclic amines) is 1. The average molecular weight is 279 g/mol. The summed E-state index contributed by atoms with van der Waals surface area (Å²) in [4.78, 5) is 2.27. The van der Waals surface area contributed by atoms with E-state index in [0.29, 0.717) is 12.1 Å². The van der Waals surface area contributed by atoms with Gasteiger partial charge in [-0.25, -0.2) is 4.39 Å². The molecule has 1 atom stereocenters. The van der Waals surface area contributed by atoms with E-state index in [1.54, 1.807) is 6.07 Å². The van der Waals surface area contributed by atoms with Crippen LogP contribution in [0.5, 0.6) is 0 Å². The molecule has 2 rings (SSSR count). The number of nitrogens with two attached hydrogens (primary N) is 1. The molecule has 0 radical (unpaired) electrons. The van der Waals surface area contributed by atoms with Gasteiger partial charge in [-0.05, 0) is 50.1 Å². The van der Waals surface area contributed by atoms with Crippen LogP contribution in [-0.2, 0) is 11.3 Å². The summed E-state index contributed by atoms with van der Waals surface area (Å²) in [6.07, 6.45) is 2.46. The van der Waals surface area contributed by atoms with Crippen molar-refractivity contribution in [3.63, 3.8) is 0 Å². The molecule has 1 heterocycles. The zero-order chi connectivity index (χ0) is 14.5. The minimum Gasteiger partial charge on any atom is -0.384 e. The van der Waals surface area contributed by atoms with Gasteiger partial charge in [0.05, 0.1) is 6.10 Å². The lowest BCUT2D eigenvalue weighted by Gasteiger charge is -2.32. The lowest BCUT2D eigenvalue weighted by molar-refractivity contribution is 0.00361. The summed E-state index contributed by atoms with van der Waals surface area (Å²) in [6, 6.07) is 4.59. The molecule has 0 amide bonds. The lowest BCUT2D eigenvalue weighted by Crippen LogP contribution is -2.39. The Balaban J connectivity index is 2.03. The first-order valence-electron chi connectivity index (χ1n) is 7.06. The van der Waals surface area contributed by atoms with Gasteiger partial charge in [0.15, 0.2) is 0 Å². The van der Waals surface area contributed by atoms with Gasteiger partial charge in [0.1, 0.15) is 11.7 Å². The fourth-order valence-corrected chi connectivity index (χ4v) is 2.68. The van der Waals surface area contributed by atoms with Gasteiger partial charge >= 0.3 is 0 Å². The summed E-state index contributed by atoms with van der Waals surface area (Å²) >= 11 is 0. The van der Waals surface area contributed by atoms with Gasteiger partial charge in [-0.15, -0.1) is 0 Å². The van der Waals surface area contributed by atoms with Gasteiger partial charge in [0.2, 0.25) is 0 Å². The Bertz CT molecular complexity index is 476. The predicted octanol–water partition coefficient (Wildman–Crippen LogP) is 2.11. The number of piperidine rings is 1. The van der Waals surface area contributed by atoms with Crippen molar-refractivity contribution in [3.8, 4) is 0 Å². The van der Waals surface area contributed by atoms with Crippen molar-refractivity contribution in [3.05, 3.63) is 35.1 Å². The van der Waals surface area contributed by atoms with Gasteiger partial charge in [0, 0.05) is 25.3 Å². The van der Waals surface area contributed by atoms with E-state index in [4.69, 9.17) is 15.9 Å². The van der Waals surface area contributed by atoms with Crippen LogP contribution in [0.15, 0.2) is 18.2 Å². The van der Waals surface area contributed by atoms with Crippen LogP contribution in [0.4, 0.5) is 4.39 Å². The molecule has 0 spiro atoms. The molecule has 0 aliphatic carbocycles. The standard InChI is InChI=1S/C15H22FN3O/c1-2-20-14-4-3-5-19(10-14)9-11-6-12(15(17)18)8-13(16)7-11/h6-8,14H,2-5,9-10H2,1H3,(H3,17,18). The Morgan fingerprint density at radius 2 is 2.30 bits per heavy atom. The molecule has 0 saturated carbocycles. The lowest BCUT2D eigenvalue weighted by atomic mass is 10.1. The molecular weight excluding hydrogens is 257 g/mol. The molecule has 3 N–H and O–H groups in total. The van der Waals surface area contributed by atoms with Crippen molar-refractivity contribution in [2.75, 3.05) is 19.7 Å². The number of rotatable bonds is 5. The van der Waals surface area contributed by atoms with Gasteiger partial charge < -0.3 is 10.5 Å². The number of nitrogens with zero attached hydrogens (tertiary/aromatic N) is 1. The number of benzene rings is 1. The molecule has 20 heavy (non-hydrogen) atoms. The van der Waals surface area contributed by atoms with Crippen LogP contribution in [-0.4, -0.2) is 36.5 Å². The van der Waals surface area contributed by atoms with E-state index in [0.717, 1.165) is 38.1 Å². The summed E-state index contributed by atoms with van der Waals surface area (Å²) in [7, 11) is 0. The Morgan fingerprint density at radius 1 is 1.50 bits per heavy atom. The summed E-state index contributed by atoms with van der Waals surface area (Å²) in [5.74, 6) is -0.442. The van der Waals surface area contributed by atoms with Crippen LogP contribution in [0.3, 0.4) is 0 Å². The van der Waals surface area contributed by atoms with Crippen molar-refractivity contribution in [2.45, 2.75) is 32.4 Å². The Labute approximate surface area is 119 Å². The van der Waals surface area contributed by atoms with Crippen molar-refractivity contribution in [2.24, 2.45) is 5.73 Å². The number of hydrogen-bond donors (Lipinski definition) is 2. The van der Waals surface area contributed by atoms with Crippen LogP contribution in [0.25, 0.3) is 0 Å². The second-order valence-corrected chi connectivity index (χ2v) is 5.22. The summed E-state index contributed by atoms with van der Waals surface area (Å²) in [5.41, 5.74) is 6.73. The van der Waals surface area contributed by atoms with Crippen molar-refractivity contribution >= 4 is 5.84 Å². The highest BCUT2D eigenvalue weighted by Gasteiger charge is 2.20. The predicted molar refractivity (Wildman–Crippen MR) is 77.3 cm³/mol. The molecule has 110 valence electrons. The third-order valence-corrected chi connectivity index (χ3v) is 3.54. The number of nitrogens with one attached hydrogen (secondary N) is 1. The SMILES string of the molecule is CCOC1CCCN(Cc2cc(F)cc(C(=N)N)c2)C1. The van der Waals surface area contributed by atoms with E-state index >= 15 is 0 Å². The highest BCUT2D eigenvalue weighted by molar-refractivity contribution is 5.95. The highest BCUT2D eigenvalue weighted by Crippen LogP contribution is 2.17. The minimum absolute atomic E-state index is 0.100. The fourth-order valence-electron chi connectivity index (χ4n) is 2.68. The van der Waals surface area contributed by atoms with Crippen LogP contribution < -0.4 is 5.73 Å². The first kappa shape index (κ1) is 14.9. The zero-order valence-electron chi connectivity index (χ0n) is 11.9. The van der Waals surface area contributed by atoms with E-state index in [1.807, 2.05) is 6.92 Å². The smallest absolute Gasteiger partial charge is 0.124 e. The van der Waals surface area contributed by atoms with E-state index in [1.165, 1.54) is 12.1 Å². The number of halogens is 1. The average Bonchev–Trinajstić information content (AvgIpc) is 2.38. The third-order valence-electron chi connectivity index (χ3n) is 3.54. The topological polar surface area (TPSA) is 62.3 Å². The first-order valence-corrected chi connectivity index (χ1v) is 7.06. The largest absolute Gasteiger partial charge is 0.384 e. The number of hydrogen-bond acceptors (Lipinski definition) is 3. The molecule has 4 nitrogen and oxygen atoms in total. The minimum atomic E-state index is -0.342. The fraction of sp³-hybridized carbons (Fsp3) is 0.533. The Kier molecular flexibility index (Phi) is 5.09. The molecule has 1 aromatic carbocycles. The maximum Gasteiger partial charge on any atom is 0.124 e. The van der Waals surface area contributed by atoms with E-state index < -0.39 is 0 Å². The molecule has 1 unspecified atom stereocenters. The van der Waals surface area contributed by atoms with Gasteiger partial charge in [-0.1, -0.05) is 0 Å². The molecule has 0 aromatic heterocycles. The number of nitrogen functional groups attached to an aromatic ring is 1. The highest BCUT2D eigenvalue weighted by atomic mass is 19.1. The van der Waals surface area contributed by atoms with E-state index in [9.17, 15) is 4.39 Å². The Morgan fingerprint density at radius 3 is 3.00 bits per heavy atom. The normalized spacial score (nSPS) is 20.0. The maximum absolute atomic E-state index is 13.5. The molecule has 1 fully saturated rings. The van der Waals surface area contributed by atoms with Crippen LogP contribution in [0, 0.1) is 11.2 Å². The van der Waals surface area contributed by atoms with Crippen LogP contribution >= 0.6 is 0 Å². The monoisotopic (exact) mass is 279 g/mol. The Hall–Kier alpha value is -1.46. The molecule has 0 bridgehead atoms. The van der Waals surface area contributed by atoms with E-state index in [-0.39, 0.29) is 17.8 Å². The molecule has 1 aliphatic rings. The van der Waals surface area contributed by atoms with Gasteiger partial charge in [-0.3, -0.25) is 10.3 Å². The molecule has 1 aromatic rings.